The SMILES string of the molecule is CC(c1cc(Cl)cc(Cl)c1)N(C)C(=O)CC1(c2ccc(F)cc2)CCN(C)CC1. The second-order valence-corrected chi connectivity index (χ2v) is 9.02. The molecule has 0 aromatic heterocycles. The van der Waals surface area contributed by atoms with Crippen LogP contribution in [-0.2, 0) is 10.2 Å². The van der Waals surface area contributed by atoms with E-state index in [1.165, 1.54) is 12.1 Å². The molecule has 2 aromatic rings. The number of carbonyl (C=O) groups excluding carboxylic acids is 1. The van der Waals surface area contributed by atoms with Crippen LogP contribution in [0.4, 0.5) is 4.39 Å². The summed E-state index contributed by atoms with van der Waals surface area (Å²) in [6, 6.07) is 11.8. The molecule has 0 saturated carbocycles. The van der Waals surface area contributed by atoms with Crippen molar-refractivity contribution in [3.63, 3.8) is 0 Å². The maximum atomic E-state index is 13.5. The van der Waals surface area contributed by atoms with Crippen LogP contribution >= 0.6 is 23.2 Å². The van der Waals surface area contributed by atoms with Crippen molar-refractivity contribution in [1.29, 1.82) is 0 Å². The molecule has 1 unspecified atom stereocenters. The monoisotopic (exact) mass is 436 g/mol. The predicted octanol–water partition coefficient (Wildman–Crippen LogP) is 5.71. The van der Waals surface area contributed by atoms with E-state index in [1.807, 2.05) is 38.2 Å². The zero-order valence-corrected chi connectivity index (χ0v) is 18.6. The highest BCUT2D eigenvalue weighted by Gasteiger charge is 2.38. The minimum atomic E-state index is -0.281. The summed E-state index contributed by atoms with van der Waals surface area (Å²) < 4.78 is 13.5. The Morgan fingerprint density at radius 3 is 2.24 bits per heavy atom. The number of likely N-dealkylation sites (tertiary alicyclic amines) is 1. The van der Waals surface area contributed by atoms with Gasteiger partial charge in [-0.25, -0.2) is 4.39 Å². The van der Waals surface area contributed by atoms with E-state index >= 15 is 0 Å². The van der Waals surface area contributed by atoms with E-state index in [-0.39, 0.29) is 23.2 Å². The Morgan fingerprint density at radius 1 is 1.14 bits per heavy atom. The van der Waals surface area contributed by atoms with E-state index in [4.69, 9.17) is 23.2 Å². The van der Waals surface area contributed by atoms with Gasteiger partial charge in [0, 0.05) is 28.9 Å². The molecule has 1 amide bonds. The molecule has 0 radical (unpaired) electrons. The number of rotatable bonds is 5. The van der Waals surface area contributed by atoms with Gasteiger partial charge in [0.1, 0.15) is 5.82 Å². The van der Waals surface area contributed by atoms with Crippen molar-refractivity contribution in [3.8, 4) is 0 Å². The van der Waals surface area contributed by atoms with Crippen molar-refractivity contribution in [2.75, 3.05) is 27.2 Å². The molecule has 0 bridgehead atoms. The van der Waals surface area contributed by atoms with Crippen molar-refractivity contribution in [3.05, 3.63) is 69.5 Å². The molecule has 0 N–H and O–H groups in total. The van der Waals surface area contributed by atoms with Gasteiger partial charge in [0.05, 0.1) is 6.04 Å². The minimum Gasteiger partial charge on any atom is -0.339 e. The largest absolute Gasteiger partial charge is 0.339 e. The molecule has 0 aliphatic carbocycles. The normalized spacial score (nSPS) is 17.7. The van der Waals surface area contributed by atoms with E-state index in [0.29, 0.717) is 16.5 Å². The highest BCUT2D eigenvalue weighted by Crippen LogP contribution is 2.39. The third kappa shape index (κ3) is 5.11. The topological polar surface area (TPSA) is 23.6 Å². The van der Waals surface area contributed by atoms with Gasteiger partial charge in [0.25, 0.3) is 0 Å². The lowest BCUT2D eigenvalue weighted by atomic mass is 9.70. The second kappa shape index (κ2) is 9.03. The van der Waals surface area contributed by atoms with Crippen LogP contribution in [0.25, 0.3) is 0 Å². The van der Waals surface area contributed by atoms with E-state index in [2.05, 4.69) is 11.9 Å². The first kappa shape index (κ1) is 22.1. The first-order valence-electron chi connectivity index (χ1n) is 9.86. The van der Waals surface area contributed by atoms with E-state index in [1.54, 1.807) is 11.0 Å². The fourth-order valence-corrected chi connectivity index (χ4v) is 4.63. The number of carbonyl (C=O) groups is 1. The lowest BCUT2D eigenvalue weighted by molar-refractivity contribution is -0.133. The highest BCUT2D eigenvalue weighted by molar-refractivity contribution is 6.34. The molecule has 1 heterocycles. The average molecular weight is 437 g/mol. The first-order chi connectivity index (χ1) is 13.7. The molecule has 1 fully saturated rings. The van der Waals surface area contributed by atoms with Crippen LogP contribution in [0.1, 0.15) is 43.4 Å². The summed E-state index contributed by atoms with van der Waals surface area (Å²) in [4.78, 5) is 17.3. The summed E-state index contributed by atoms with van der Waals surface area (Å²) in [5.74, 6) is -0.200. The Hall–Kier alpha value is -1.62. The number of halogens is 3. The Balaban J connectivity index is 1.83. The summed E-state index contributed by atoms with van der Waals surface area (Å²) in [6.45, 7) is 3.79. The smallest absolute Gasteiger partial charge is 0.223 e. The van der Waals surface area contributed by atoms with Gasteiger partial charge in [-0.3, -0.25) is 4.79 Å². The molecule has 29 heavy (non-hydrogen) atoms. The standard InChI is InChI=1S/C23H27Cl2FN2O/c1-16(17-12-19(24)14-20(25)13-17)28(3)22(29)15-23(8-10-27(2)11-9-23)18-4-6-21(26)7-5-18/h4-7,12-14,16H,8-11,15H2,1-3H3. The molecule has 3 rings (SSSR count). The van der Waals surface area contributed by atoms with Gasteiger partial charge >= 0.3 is 0 Å². The van der Waals surface area contributed by atoms with Gasteiger partial charge in [-0.1, -0.05) is 35.3 Å². The van der Waals surface area contributed by atoms with Crippen LogP contribution in [0.5, 0.6) is 0 Å². The van der Waals surface area contributed by atoms with Gasteiger partial charge in [0.15, 0.2) is 0 Å². The van der Waals surface area contributed by atoms with Gasteiger partial charge in [-0.2, -0.15) is 0 Å². The lowest BCUT2D eigenvalue weighted by Gasteiger charge is -2.42. The average Bonchev–Trinajstić information content (AvgIpc) is 2.68. The van der Waals surface area contributed by atoms with Crippen LogP contribution in [0, 0.1) is 5.82 Å². The maximum Gasteiger partial charge on any atom is 0.223 e. The van der Waals surface area contributed by atoms with Crippen molar-refractivity contribution in [2.24, 2.45) is 0 Å². The van der Waals surface area contributed by atoms with Crippen molar-refractivity contribution >= 4 is 29.1 Å². The molecule has 1 aliphatic heterocycles. The van der Waals surface area contributed by atoms with Crippen molar-refractivity contribution < 1.29 is 9.18 Å². The zero-order chi connectivity index (χ0) is 21.2. The summed E-state index contributed by atoms with van der Waals surface area (Å²) >= 11 is 12.3. The number of nitrogens with zero attached hydrogens (tertiary/aromatic N) is 2. The van der Waals surface area contributed by atoms with Gasteiger partial charge in [-0.15, -0.1) is 0 Å². The number of piperidine rings is 1. The Kier molecular flexibility index (Phi) is 6.87. The molecule has 0 spiro atoms. The summed E-state index contributed by atoms with van der Waals surface area (Å²) in [6.07, 6.45) is 2.12. The fourth-order valence-electron chi connectivity index (χ4n) is 4.09. The van der Waals surface area contributed by atoms with Crippen LogP contribution in [0.3, 0.4) is 0 Å². The quantitative estimate of drug-likeness (QED) is 0.599. The van der Waals surface area contributed by atoms with Crippen LogP contribution in [-0.4, -0.2) is 42.9 Å². The number of hydrogen-bond donors (Lipinski definition) is 0. The molecule has 1 saturated heterocycles. The molecular formula is C23H27Cl2FN2O. The number of amides is 1. The van der Waals surface area contributed by atoms with Gasteiger partial charge < -0.3 is 9.80 Å². The number of benzene rings is 2. The van der Waals surface area contributed by atoms with E-state index in [0.717, 1.165) is 37.1 Å². The maximum absolute atomic E-state index is 13.5. The predicted molar refractivity (Wildman–Crippen MR) is 117 cm³/mol. The minimum absolute atomic E-state index is 0.0578. The Morgan fingerprint density at radius 2 is 1.69 bits per heavy atom. The van der Waals surface area contributed by atoms with E-state index < -0.39 is 0 Å². The molecule has 3 nitrogen and oxygen atoms in total. The second-order valence-electron chi connectivity index (χ2n) is 8.15. The third-order valence-corrected chi connectivity index (χ3v) is 6.67. The first-order valence-corrected chi connectivity index (χ1v) is 10.6. The highest BCUT2D eigenvalue weighted by atomic mass is 35.5. The molecule has 156 valence electrons. The van der Waals surface area contributed by atoms with Crippen LogP contribution < -0.4 is 0 Å². The molecule has 1 aliphatic rings. The lowest BCUT2D eigenvalue weighted by Crippen LogP contribution is -2.44. The molecule has 1 atom stereocenters. The van der Waals surface area contributed by atoms with Gasteiger partial charge in [-0.05, 0) is 81.4 Å². The Labute approximate surface area is 182 Å². The van der Waals surface area contributed by atoms with Crippen molar-refractivity contribution in [1.82, 2.24) is 9.80 Å². The van der Waals surface area contributed by atoms with Crippen LogP contribution in [0.2, 0.25) is 10.0 Å². The summed E-state index contributed by atoms with van der Waals surface area (Å²) in [5, 5.41) is 1.11. The summed E-state index contributed by atoms with van der Waals surface area (Å²) in [7, 11) is 3.91. The number of hydrogen-bond acceptors (Lipinski definition) is 2. The molecule has 6 heteroatoms. The Bertz CT molecular complexity index is 843. The zero-order valence-electron chi connectivity index (χ0n) is 17.1. The van der Waals surface area contributed by atoms with Gasteiger partial charge in [0.2, 0.25) is 5.91 Å². The van der Waals surface area contributed by atoms with Crippen LogP contribution in [0.15, 0.2) is 42.5 Å². The fraction of sp³-hybridized carbons (Fsp3) is 0.435. The summed E-state index contributed by atoms with van der Waals surface area (Å²) in [5.41, 5.74) is 1.65. The third-order valence-electron chi connectivity index (χ3n) is 6.23. The van der Waals surface area contributed by atoms with E-state index in [9.17, 15) is 9.18 Å². The molecule has 2 aromatic carbocycles. The van der Waals surface area contributed by atoms with Crippen molar-refractivity contribution in [2.45, 2.75) is 37.6 Å². The molecular weight excluding hydrogens is 410 g/mol.